The fourth-order valence-electron chi connectivity index (χ4n) is 0.192. The monoisotopic (exact) mass is 246 g/mol. The molecule has 2 nitrogen and oxygen atoms in total. The van der Waals surface area contributed by atoms with Gasteiger partial charge < -0.3 is 9.47 Å². The maximum Gasteiger partial charge on any atom is 0.235 e. The van der Waals surface area contributed by atoms with Gasteiger partial charge in [-0.15, -0.1) is 0 Å². The molecule has 0 amide bonds. The van der Waals surface area contributed by atoms with Crippen LogP contribution in [0, 0.1) is 0 Å². The minimum absolute atomic E-state index is 0.604. The summed E-state index contributed by atoms with van der Waals surface area (Å²) in [5.74, 6) is 0. The average Bonchev–Trinajstić information content (AvgIpc) is 1.87. The van der Waals surface area contributed by atoms with Crippen molar-refractivity contribution in [2.24, 2.45) is 0 Å². The minimum Gasteiger partial charge on any atom is -0.344 e. The Hall–Kier alpha value is 0.880. The van der Waals surface area contributed by atoms with E-state index < -0.39 is 4.70 Å². The van der Waals surface area contributed by atoms with Crippen molar-refractivity contribution in [3.05, 3.63) is 0 Å². The lowest BCUT2D eigenvalue weighted by atomic mass is 10.7. The number of rotatable bonds is 3. The van der Waals surface area contributed by atoms with Crippen molar-refractivity contribution in [1.29, 1.82) is 0 Å². The highest BCUT2D eigenvalue weighted by molar-refractivity contribution is 9.12. The van der Waals surface area contributed by atoms with Gasteiger partial charge in [0.2, 0.25) is 4.70 Å². The summed E-state index contributed by atoms with van der Waals surface area (Å²) in [7, 11) is 3.14. The summed E-state index contributed by atoms with van der Waals surface area (Å²) in [6, 6.07) is 0. The van der Waals surface area contributed by atoms with Crippen LogP contribution in [-0.4, -0.2) is 24.2 Å². The molecular formula is C4H8Br2O2. The second-order valence-corrected chi connectivity index (χ2v) is 2.97. The van der Waals surface area contributed by atoms with Crippen LogP contribution >= 0.6 is 31.9 Å². The molecule has 0 heterocycles. The van der Waals surface area contributed by atoms with E-state index in [1.807, 2.05) is 0 Å². The fraction of sp³-hybridized carbons (Fsp3) is 1.00. The zero-order valence-corrected chi connectivity index (χ0v) is 7.95. The molecule has 50 valence electrons. The predicted octanol–water partition coefficient (Wildman–Crippen LogP) is 1.72. The summed E-state index contributed by atoms with van der Waals surface area (Å²) in [6.07, 6.45) is 0. The van der Waals surface area contributed by atoms with Crippen molar-refractivity contribution < 1.29 is 9.47 Å². The van der Waals surface area contributed by atoms with E-state index in [9.17, 15) is 0 Å². The van der Waals surface area contributed by atoms with Crippen LogP contribution in [-0.2, 0) is 9.47 Å². The van der Waals surface area contributed by atoms with Crippen LogP contribution in [0.1, 0.15) is 0 Å². The summed E-state index contributed by atoms with van der Waals surface area (Å²) >= 11 is 6.39. The molecule has 0 rings (SSSR count). The summed E-state index contributed by atoms with van der Waals surface area (Å²) in [6.45, 7) is 0. The Morgan fingerprint density at radius 1 is 1.38 bits per heavy atom. The van der Waals surface area contributed by atoms with Gasteiger partial charge in [-0.25, -0.2) is 0 Å². The Labute approximate surface area is 65.8 Å². The Morgan fingerprint density at radius 3 is 1.75 bits per heavy atom. The summed E-state index contributed by atoms with van der Waals surface area (Å²) < 4.78 is 9.12. The van der Waals surface area contributed by atoms with Crippen molar-refractivity contribution in [1.82, 2.24) is 0 Å². The second-order valence-electron chi connectivity index (χ2n) is 1.20. The smallest absolute Gasteiger partial charge is 0.235 e. The Balaban J connectivity index is 3.58. The molecule has 0 bridgehead atoms. The third-order valence-electron chi connectivity index (χ3n) is 0.769. The van der Waals surface area contributed by atoms with Crippen LogP contribution in [0.4, 0.5) is 0 Å². The molecule has 0 fully saturated rings. The van der Waals surface area contributed by atoms with Crippen molar-refractivity contribution in [2.45, 2.75) is 4.70 Å². The minimum atomic E-state index is -0.646. The lowest BCUT2D eigenvalue weighted by molar-refractivity contribution is -0.108. The van der Waals surface area contributed by atoms with Crippen LogP contribution in [0.15, 0.2) is 0 Å². The van der Waals surface area contributed by atoms with Crippen LogP contribution in [0.3, 0.4) is 0 Å². The van der Waals surface area contributed by atoms with Crippen LogP contribution < -0.4 is 0 Å². The molecule has 0 radical (unpaired) electrons. The van der Waals surface area contributed by atoms with Gasteiger partial charge in [0.15, 0.2) is 0 Å². The van der Waals surface area contributed by atoms with Gasteiger partial charge in [0.25, 0.3) is 0 Å². The molecule has 0 aromatic heterocycles. The third kappa shape index (κ3) is 2.44. The van der Waals surface area contributed by atoms with Gasteiger partial charge in [0.1, 0.15) is 0 Å². The van der Waals surface area contributed by atoms with Crippen LogP contribution in [0.2, 0.25) is 0 Å². The molecule has 0 atom stereocenters. The van der Waals surface area contributed by atoms with Gasteiger partial charge in [-0.2, -0.15) is 0 Å². The lowest BCUT2D eigenvalue weighted by Crippen LogP contribution is -2.27. The summed E-state index contributed by atoms with van der Waals surface area (Å²) in [5, 5.41) is 0.604. The largest absolute Gasteiger partial charge is 0.344 e. The van der Waals surface area contributed by atoms with Crippen molar-refractivity contribution in [3.8, 4) is 0 Å². The number of hydrogen-bond donors (Lipinski definition) is 0. The highest BCUT2D eigenvalue weighted by Gasteiger charge is 2.22. The first-order valence-corrected chi connectivity index (χ1v) is 3.95. The predicted molar refractivity (Wildman–Crippen MR) is 39.5 cm³/mol. The van der Waals surface area contributed by atoms with Gasteiger partial charge in [-0.3, -0.25) is 0 Å². The van der Waals surface area contributed by atoms with E-state index in [-0.39, 0.29) is 0 Å². The Kier molecular flexibility index (Phi) is 4.24. The molecule has 8 heavy (non-hydrogen) atoms. The Bertz CT molecular complexity index is 54.8. The lowest BCUT2D eigenvalue weighted by Gasteiger charge is -2.20. The quantitative estimate of drug-likeness (QED) is 0.559. The molecule has 0 aliphatic rings. The Morgan fingerprint density at radius 2 is 1.75 bits per heavy atom. The van der Waals surface area contributed by atoms with E-state index in [4.69, 9.17) is 9.47 Å². The van der Waals surface area contributed by atoms with Gasteiger partial charge in [0.05, 0.1) is 5.33 Å². The molecule has 0 unspecified atom stereocenters. The molecule has 0 saturated heterocycles. The molecule has 0 N–H and O–H groups in total. The van der Waals surface area contributed by atoms with Crippen LogP contribution in [0.5, 0.6) is 0 Å². The van der Waals surface area contributed by atoms with E-state index in [2.05, 4.69) is 31.9 Å². The number of alkyl halides is 2. The van der Waals surface area contributed by atoms with E-state index in [1.54, 1.807) is 14.2 Å². The SMILES string of the molecule is COC(Br)(CBr)OC. The highest BCUT2D eigenvalue weighted by atomic mass is 79.9. The molecule has 0 aromatic carbocycles. The number of halogens is 2. The first-order chi connectivity index (χ1) is 3.68. The first-order valence-electron chi connectivity index (χ1n) is 2.03. The van der Waals surface area contributed by atoms with Gasteiger partial charge >= 0.3 is 0 Å². The molecule has 0 aliphatic carbocycles. The number of hydrogen-bond acceptors (Lipinski definition) is 2. The maximum atomic E-state index is 4.88. The van der Waals surface area contributed by atoms with Crippen molar-refractivity contribution >= 4 is 31.9 Å². The number of methoxy groups -OCH3 is 2. The second kappa shape index (κ2) is 3.82. The zero-order valence-electron chi connectivity index (χ0n) is 4.78. The highest BCUT2D eigenvalue weighted by Crippen LogP contribution is 2.21. The summed E-state index contributed by atoms with van der Waals surface area (Å²) in [5.41, 5.74) is 0. The first kappa shape index (κ1) is 8.88. The third-order valence-corrected chi connectivity index (χ3v) is 3.19. The molecule has 4 heteroatoms. The van der Waals surface area contributed by atoms with E-state index in [1.165, 1.54) is 0 Å². The summed E-state index contributed by atoms with van der Waals surface area (Å²) in [4.78, 5) is 0. The van der Waals surface area contributed by atoms with E-state index in [0.29, 0.717) is 5.33 Å². The normalized spacial score (nSPS) is 12.0. The van der Waals surface area contributed by atoms with E-state index >= 15 is 0 Å². The molecule has 0 spiro atoms. The van der Waals surface area contributed by atoms with Crippen molar-refractivity contribution in [2.75, 3.05) is 19.5 Å². The average molecular weight is 248 g/mol. The van der Waals surface area contributed by atoms with Gasteiger partial charge in [0, 0.05) is 14.2 Å². The number of ether oxygens (including phenoxy) is 2. The standard InChI is InChI=1S/C4H8Br2O2/c1-7-4(6,3-5)8-2/h3H2,1-2H3. The molecule has 0 aromatic rings. The molecule has 0 aliphatic heterocycles. The molecule has 0 saturated carbocycles. The topological polar surface area (TPSA) is 18.5 Å². The van der Waals surface area contributed by atoms with Gasteiger partial charge in [-0.05, 0) is 15.9 Å². The fourth-order valence-corrected chi connectivity index (χ4v) is 0.650. The van der Waals surface area contributed by atoms with Gasteiger partial charge in [-0.1, -0.05) is 15.9 Å². The van der Waals surface area contributed by atoms with Crippen molar-refractivity contribution in [3.63, 3.8) is 0 Å². The zero-order chi connectivity index (χ0) is 6.62. The van der Waals surface area contributed by atoms with Crippen LogP contribution in [0.25, 0.3) is 0 Å². The molecular weight excluding hydrogens is 240 g/mol. The maximum absolute atomic E-state index is 4.88. The van der Waals surface area contributed by atoms with E-state index in [0.717, 1.165) is 0 Å².